The summed E-state index contributed by atoms with van der Waals surface area (Å²) in [6.07, 6.45) is 4.19. The molecule has 1 saturated heterocycles. The lowest BCUT2D eigenvalue weighted by atomic mass is 10.0. The third-order valence-corrected chi connectivity index (χ3v) is 3.80. The number of amides is 1. The van der Waals surface area contributed by atoms with Gasteiger partial charge in [0.05, 0.1) is 6.04 Å². The van der Waals surface area contributed by atoms with Crippen LogP contribution in [0.4, 0.5) is 0 Å². The predicted molar refractivity (Wildman–Crippen MR) is 78.1 cm³/mol. The average Bonchev–Trinajstić information content (AvgIpc) is 2.42. The molecule has 1 aliphatic rings. The van der Waals surface area contributed by atoms with Gasteiger partial charge in [-0.1, -0.05) is 30.7 Å². The number of hydrogen-bond acceptors (Lipinski definition) is 2. The van der Waals surface area contributed by atoms with Gasteiger partial charge in [-0.25, -0.2) is 0 Å². The van der Waals surface area contributed by atoms with E-state index >= 15 is 0 Å². The molecule has 2 atom stereocenters. The highest BCUT2D eigenvalue weighted by molar-refractivity contribution is 5.82. The number of carbonyl (C=O) groups is 1. The van der Waals surface area contributed by atoms with Gasteiger partial charge < -0.3 is 10.6 Å². The Morgan fingerprint density at radius 1 is 1.42 bits per heavy atom. The number of aryl methyl sites for hydroxylation is 1. The summed E-state index contributed by atoms with van der Waals surface area (Å²) in [5.41, 5.74) is 2.60. The fourth-order valence-electron chi connectivity index (χ4n) is 2.64. The van der Waals surface area contributed by atoms with Crippen molar-refractivity contribution in [2.75, 3.05) is 6.54 Å². The largest absolute Gasteiger partial charge is 0.352 e. The topological polar surface area (TPSA) is 41.1 Å². The van der Waals surface area contributed by atoms with Crippen molar-refractivity contribution in [1.82, 2.24) is 10.6 Å². The molecule has 1 heterocycles. The second-order valence-corrected chi connectivity index (χ2v) is 5.54. The van der Waals surface area contributed by atoms with Crippen molar-refractivity contribution < 1.29 is 4.79 Å². The third-order valence-electron chi connectivity index (χ3n) is 3.80. The fraction of sp³-hybridized carbons (Fsp3) is 0.562. The molecule has 1 amide bonds. The molecular weight excluding hydrogens is 236 g/mol. The first kappa shape index (κ1) is 14.1. The molecule has 0 radical (unpaired) electrons. The molecule has 1 aromatic rings. The summed E-state index contributed by atoms with van der Waals surface area (Å²) < 4.78 is 0. The molecule has 19 heavy (non-hydrogen) atoms. The van der Waals surface area contributed by atoms with Gasteiger partial charge in [0.1, 0.15) is 0 Å². The van der Waals surface area contributed by atoms with Crippen LogP contribution < -0.4 is 10.6 Å². The van der Waals surface area contributed by atoms with E-state index < -0.39 is 0 Å². The summed E-state index contributed by atoms with van der Waals surface area (Å²) in [6, 6.07) is 8.54. The zero-order valence-electron chi connectivity index (χ0n) is 11.9. The molecule has 1 aromatic carbocycles. The summed E-state index contributed by atoms with van der Waals surface area (Å²) in [7, 11) is 0. The van der Waals surface area contributed by atoms with E-state index in [0.717, 1.165) is 25.8 Å². The Hall–Kier alpha value is -1.35. The van der Waals surface area contributed by atoms with Gasteiger partial charge in [0.25, 0.3) is 0 Å². The quantitative estimate of drug-likeness (QED) is 0.871. The molecule has 0 aliphatic carbocycles. The minimum absolute atomic E-state index is 0.00747. The molecule has 3 heteroatoms. The first-order chi connectivity index (χ1) is 9.16. The molecule has 0 saturated carbocycles. The van der Waals surface area contributed by atoms with Gasteiger partial charge >= 0.3 is 0 Å². The SMILES string of the molecule is Cc1ccccc1CC(C)NC(=O)[C@@H]1CCCCN1. The van der Waals surface area contributed by atoms with Crippen molar-refractivity contribution in [3.8, 4) is 0 Å². The molecule has 1 aliphatic heterocycles. The van der Waals surface area contributed by atoms with Crippen molar-refractivity contribution in [2.24, 2.45) is 0 Å². The van der Waals surface area contributed by atoms with E-state index in [2.05, 4.69) is 42.7 Å². The normalized spacial score (nSPS) is 20.8. The fourth-order valence-corrected chi connectivity index (χ4v) is 2.64. The Balaban J connectivity index is 1.85. The Labute approximate surface area is 115 Å². The van der Waals surface area contributed by atoms with E-state index in [9.17, 15) is 4.79 Å². The number of benzene rings is 1. The highest BCUT2D eigenvalue weighted by Crippen LogP contribution is 2.11. The van der Waals surface area contributed by atoms with Gasteiger partial charge in [-0.15, -0.1) is 0 Å². The Kier molecular flexibility index (Phi) is 4.97. The van der Waals surface area contributed by atoms with Crippen molar-refractivity contribution >= 4 is 5.91 Å². The van der Waals surface area contributed by atoms with Crippen LogP contribution in [-0.4, -0.2) is 24.5 Å². The Morgan fingerprint density at radius 2 is 2.21 bits per heavy atom. The zero-order valence-corrected chi connectivity index (χ0v) is 11.9. The van der Waals surface area contributed by atoms with Crippen LogP contribution in [0.5, 0.6) is 0 Å². The molecular formula is C16H24N2O. The van der Waals surface area contributed by atoms with Gasteiger partial charge in [-0.2, -0.15) is 0 Å². The Morgan fingerprint density at radius 3 is 2.89 bits per heavy atom. The van der Waals surface area contributed by atoms with Gasteiger partial charge in [-0.3, -0.25) is 4.79 Å². The van der Waals surface area contributed by atoms with E-state index in [1.807, 2.05) is 6.07 Å². The van der Waals surface area contributed by atoms with E-state index in [1.54, 1.807) is 0 Å². The van der Waals surface area contributed by atoms with Crippen molar-refractivity contribution in [3.63, 3.8) is 0 Å². The summed E-state index contributed by atoms with van der Waals surface area (Å²) in [6.45, 7) is 5.16. The summed E-state index contributed by atoms with van der Waals surface area (Å²) in [5.74, 6) is 0.154. The van der Waals surface area contributed by atoms with E-state index in [4.69, 9.17) is 0 Å². The highest BCUT2D eigenvalue weighted by atomic mass is 16.2. The number of piperidine rings is 1. The molecule has 1 fully saturated rings. The first-order valence-corrected chi connectivity index (χ1v) is 7.25. The van der Waals surface area contributed by atoms with Crippen LogP contribution in [0.3, 0.4) is 0 Å². The van der Waals surface area contributed by atoms with E-state index in [0.29, 0.717) is 0 Å². The third kappa shape index (κ3) is 4.06. The van der Waals surface area contributed by atoms with Gasteiger partial charge in [0.2, 0.25) is 5.91 Å². The van der Waals surface area contributed by atoms with Crippen LogP contribution in [0.1, 0.15) is 37.3 Å². The Bertz CT molecular complexity index is 425. The first-order valence-electron chi connectivity index (χ1n) is 7.25. The van der Waals surface area contributed by atoms with Gasteiger partial charge in [0, 0.05) is 6.04 Å². The second kappa shape index (κ2) is 6.71. The van der Waals surface area contributed by atoms with Crippen LogP contribution in [0, 0.1) is 6.92 Å². The maximum atomic E-state index is 12.1. The van der Waals surface area contributed by atoms with Crippen LogP contribution in [0.2, 0.25) is 0 Å². The minimum atomic E-state index is 0.00747. The van der Waals surface area contributed by atoms with Crippen molar-refractivity contribution in [1.29, 1.82) is 0 Å². The summed E-state index contributed by atoms with van der Waals surface area (Å²) in [4.78, 5) is 12.1. The van der Waals surface area contributed by atoms with Crippen LogP contribution >= 0.6 is 0 Å². The lowest BCUT2D eigenvalue weighted by Gasteiger charge is -2.24. The smallest absolute Gasteiger partial charge is 0.237 e. The molecule has 2 N–H and O–H groups in total. The molecule has 0 spiro atoms. The molecule has 2 rings (SSSR count). The molecule has 1 unspecified atom stereocenters. The standard InChI is InChI=1S/C16H24N2O/c1-12-7-3-4-8-14(12)11-13(2)18-16(19)15-9-5-6-10-17-15/h3-4,7-8,13,15,17H,5-6,9-11H2,1-2H3,(H,18,19)/t13?,15-/m0/s1. The van der Waals surface area contributed by atoms with Crippen molar-refractivity contribution in [2.45, 2.75) is 51.6 Å². The van der Waals surface area contributed by atoms with Crippen molar-refractivity contribution in [3.05, 3.63) is 35.4 Å². The molecule has 104 valence electrons. The summed E-state index contributed by atoms with van der Waals surface area (Å²) in [5, 5.41) is 6.41. The monoisotopic (exact) mass is 260 g/mol. The zero-order chi connectivity index (χ0) is 13.7. The van der Waals surface area contributed by atoms with E-state index in [-0.39, 0.29) is 18.0 Å². The number of rotatable bonds is 4. The average molecular weight is 260 g/mol. The van der Waals surface area contributed by atoms with Gasteiger partial charge in [-0.05, 0) is 50.8 Å². The maximum Gasteiger partial charge on any atom is 0.237 e. The lowest BCUT2D eigenvalue weighted by Crippen LogP contribution is -2.49. The maximum absolute atomic E-state index is 12.1. The number of nitrogens with one attached hydrogen (secondary N) is 2. The minimum Gasteiger partial charge on any atom is -0.352 e. The predicted octanol–water partition coefficient (Wildman–Crippen LogP) is 2.18. The van der Waals surface area contributed by atoms with Crippen LogP contribution in [0.15, 0.2) is 24.3 Å². The van der Waals surface area contributed by atoms with Crippen LogP contribution in [0.25, 0.3) is 0 Å². The number of carbonyl (C=O) groups excluding carboxylic acids is 1. The van der Waals surface area contributed by atoms with E-state index in [1.165, 1.54) is 17.5 Å². The van der Waals surface area contributed by atoms with Gasteiger partial charge in [0.15, 0.2) is 0 Å². The second-order valence-electron chi connectivity index (χ2n) is 5.54. The molecule has 0 bridgehead atoms. The molecule has 0 aromatic heterocycles. The number of hydrogen-bond donors (Lipinski definition) is 2. The lowest BCUT2D eigenvalue weighted by molar-refractivity contribution is -0.124. The molecule has 3 nitrogen and oxygen atoms in total. The van der Waals surface area contributed by atoms with Crippen LogP contribution in [-0.2, 0) is 11.2 Å². The summed E-state index contributed by atoms with van der Waals surface area (Å²) >= 11 is 0. The highest BCUT2D eigenvalue weighted by Gasteiger charge is 2.21.